The highest BCUT2D eigenvalue weighted by molar-refractivity contribution is 6.15. The fraction of sp³-hybridized carbons (Fsp3) is 0. The van der Waals surface area contributed by atoms with Crippen LogP contribution in [0.25, 0.3) is 98.8 Å². The van der Waals surface area contributed by atoms with Crippen LogP contribution in [0.15, 0.2) is 221 Å². The predicted octanol–water partition coefficient (Wildman–Crippen LogP) is 16.3. The van der Waals surface area contributed by atoms with Gasteiger partial charge in [-0.15, -0.1) is 0 Å². The van der Waals surface area contributed by atoms with E-state index in [1.165, 1.54) is 32.7 Å². The number of nitrogens with zero attached hydrogens (tertiary/aromatic N) is 1. The third-order valence-electron chi connectivity index (χ3n) is 11.9. The Balaban J connectivity index is 1.06. The number of rotatable bonds is 6. The van der Waals surface area contributed by atoms with Gasteiger partial charge in [-0.25, -0.2) is 0 Å². The zero-order valence-electron chi connectivity index (χ0n) is 32.0. The molecule has 0 radical (unpaired) electrons. The Bertz CT molecular complexity index is 3540. The SMILES string of the molecule is c1ccc(-c2ccc3c(oc4ccccc43)c2N(c2ccc(-c3ccc4oc5ccccc5c4c3)cc2)c2ccc(-c3cc4ccccc4c4ccccc34)cc2)cc1. The molecule has 0 spiro atoms. The van der Waals surface area contributed by atoms with Crippen molar-refractivity contribution in [2.75, 3.05) is 4.90 Å². The lowest BCUT2D eigenvalue weighted by atomic mass is 9.93. The highest BCUT2D eigenvalue weighted by atomic mass is 16.3. The molecular formula is C56H35NO2. The molecule has 0 aliphatic carbocycles. The highest BCUT2D eigenvalue weighted by Crippen LogP contribution is 2.48. The second kappa shape index (κ2) is 13.4. The molecule has 0 saturated carbocycles. The van der Waals surface area contributed by atoms with Gasteiger partial charge in [-0.05, 0) is 110 Å². The van der Waals surface area contributed by atoms with Crippen molar-refractivity contribution >= 4 is 82.5 Å². The minimum atomic E-state index is 0.846. The molecule has 12 rings (SSSR count). The first-order valence-corrected chi connectivity index (χ1v) is 20.1. The summed E-state index contributed by atoms with van der Waals surface area (Å²) in [6, 6.07) is 75.8. The molecule has 0 bridgehead atoms. The molecule has 0 atom stereocenters. The summed E-state index contributed by atoms with van der Waals surface area (Å²) in [6.45, 7) is 0. The van der Waals surface area contributed by atoms with E-state index in [1.807, 2.05) is 18.2 Å². The summed E-state index contributed by atoms with van der Waals surface area (Å²) in [5, 5.41) is 9.42. The second-order valence-electron chi connectivity index (χ2n) is 15.2. The molecule has 3 heteroatoms. The highest BCUT2D eigenvalue weighted by Gasteiger charge is 2.24. The van der Waals surface area contributed by atoms with Gasteiger partial charge >= 0.3 is 0 Å². The zero-order valence-corrected chi connectivity index (χ0v) is 32.0. The Hall–Kier alpha value is -7.88. The van der Waals surface area contributed by atoms with E-state index < -0.39 is 0 Å². The molecule has 276 valence electrons. The maximum absolute atomic E-state index is 6.86. The number of fused-ring (bicyclic) bond motifs is 9. The molecule has 0 N–H and O–H groups in total. The molecule has 3 nitrogen and oxygen atoms in total. The van der Waals surface area contributed by atoms with Crippen LogP contribution in [0.3, 0.4) is 0 Å². The average molecular weight is 754 g/mol. The van der Waals surface area contributed by atoms with Gasteiger partial charge in [-0.1, -0.05) is 152 Å². The lowest BCUT2D eigenvalue weighted by molar-refractivity contribution is 0.668. The number of furan rings is 2. The van der Waals surface area contributed by atoms with Gasteiger partial charge in [0.15, 0.2) is 5.58 Å². The van der Waals surface area contributed by atoms with E-state index in [4.69, 9.17) is 8.83 Å². The molecule has 59 heavy (non-hydrogen) atoms. The van der Waals surface area contributed by atoms with Gasteiger partial charge < -0.3 is 13.7 Å². The minimum absolute atomic E-state index is 0.846. The molecule has 0 unspecified atom stereocenters. The van der Waals surface area contributed by atoms with E-state index in [2.05, 4.69) is 199 Å². The molecule has 12 aromatic rings. The predicted molar refractivity (Wildman–Crippen MR) is 247 cm³/mol. The molecule has 0 amide bonds. The molecule has 0 saturated heterocycles. The Kier molecular flexibility index (Phi) is 7.54. The normalized spacial score (nSPS) is 11.7. The van der Waals surface area contributed by atoms with E-state index in [0.717, 1.165) is 83.2 Å². The van der Waals surface area contributed by atoms with E-state index in [-0.39, 0.29) is 0 Å². The van der Waals surface area contributed by atoms with Crippen molar-refractivity contribution in [1.29, 1.82) is 0 Å². The maximum atomic E-state index is 6.86. The number of hydrogen-bond acceptors (Lipinski definition) is 3. The lowest BCUT2D eigenvalue weighted by Gasteiger charge is -2.28. The first kappa shape index (κ1) is 33.3. The molecule has 10 aromatic carbocycles. The Morgan fingerprint density at radius 1 is 0.288 bits per heavy atom. The lowest BCUT2D eigenvalue weighted by Crippen LogP contribution is -2.11. The van der Waals surface area contributed by atoms with Crippen LogP contribution in [-0.2, 0) is 0 Å². The van der Waals surface area contributed by atoms with Crippen LogP contribution in [0.2, 0.25) is 0 Å². The van der Waals surface area contributed by atoms with Crippen LogP contribution in [0.4, 0.5) is 17.1 Å². The smallest absolute Gasteiger partial charge is 0.160 e. The van der Waals surface area contributed by atoms with Crippen LogP contribution >= 0.6 is 0 Å². The first-order valence-electron chi connectivity index (χ1n) is 20.1. The number of para-hydroxylation sites is 2. The van der Waals surface area contributed by atoms with Crippen LogP contribution in [0.1, 0.15) is 0 Å². The van der Waals surface area contributed by atoms with Crippen LogP contribution in [-0.4, -0.2) is 0 Å². The van der Waals surface area contributed by atoms with Crippen LogP contribution < -0.4 is 4.90 Å². The van der Waals surface area contributed by atoms with Crippen molar-refractivity contribution < 1.29 is 8.83 Å². The van der Waals surface area contributed by atoms with Gasteiger partial charge in [-0.3, -0.25) is 0 Å². The monoisotopic (exact) mass is 753 g/mol. The van der Waals surface area contributed by atoms with Crippen molar-refractivity contribution in [3.8, 4) is 33.4 Å². The molecule has 0 fully saturated rings. The third-order valence-corrected chi connectivity index (χ3v) is 11.9. The van der Waals surface area contributed by atoms with E-state index in [0.29, 0.717) is 0 Å². The number of benzene rings is 10. The summed E-state index contributed by atoms with van der Waals surface area (Å²) in [6.07, 6.45) is 0. The third kappa shape index (κ3) is 5.44. The fourth-order valence-corrected chi connectivity index (χ4v) is 9.05. The van der Waals surface area contributed by atoms with Crippen molar-refractivity contribution in [3.05, 3.63) is 212 Å². The average Bonchev–Trinajstić information content (AvgIpc) is 3.88. The quantitative estimate of drug-likeness (QED) is 0.158. The molecule has 2 aromatic heterocycles. The summed E-state index contributed by atoms with van der Waals surface area (Å²) in [5.41, 5.74) is 13.4. The van der Waals surface area contributed by atoms with Crippen molar-refractivity contribution in [2.45, 2.75) is 0 Å². The van der Waals surface area contributed by atoms with Crippen molar-refractivity contribution in [2.24, 2.45) is 0 Å². The largest absolute Gasteiger partial charge is 0.456 e. The summed E-state index contributed by atoms with van der Waals surface area (Å²) >= 11 is 0. The Morgan fingerprint density at radius 3 is 1.58 bits per heavy atom. The van der Waals surface area contributed by atoms with Gasteiger partial charge in [0.1, 0.15) is 16.7 Å². The summed E-state index contributed by atoms with van der Waals surface area (Å²) in [4.78, 5) is 2.37. The molecule has 2 heterocycles. The second-order valence-corrected chi connectivity index (χ2v) is 15.2. The molecule has 0 aliphatic rings. The molecule has 0 aliphatic heterocycles. The Morgan fingerprint density at radius 2 is 0.831 bits per heavy atom. The fourth-order valence-electron chi connectivity index (χ4n) is 9.05. The van der Waals surface area contributed by atoms with Crippen LogP contribution in [0, 0.1) is 0 Å². The number of hydrogen-bond donors (Lipinski definition) is 0. The number of anilines is 3. The standard InChI is InChI=1S/C56H35NO2/c1-2-12-37(13-3-1)44-31-32-49-47-18-8-11-21-53(47)59-56(49)55(44)57(41-27-22-36(23-28-41)39-26-33-54-51(34-39)48-19-9-10-20-52(48)58-54)42-29-24-38(25-30-42)50-35-40-14-4-5-15-43(40)45-16-6-7-17-46(45)50/h1-35H. The van der Waals surface area contributed by atoms with E-state index in [9.17, 15) is 0 Å². The van der Waals surface area contributed by atoms with Crippen LogP contribution in [0.5, 0.6) is 0 Å². The Labute approximate surface area is 340 Å². The first-order chi connectivity index (χ1) is 29.2. The topological polar surface area (TPSA) is 29.5 Å². The van der Waals surface area contributed by atoms with Gasteiger partial charge in [0.2, 0.25) is 0 Å². The van der Waals surface area contributed by atoms with E-state index >= 15 is 0 Å². The zero-order chi connectivity index (χ0) is 38.9. The van der Waals surface area contributed by atoms with Crippen molar-refractivity contribution in [3.63, 3.8) is 0 Å². The molecular weight excluding hydrogens is 719 g/mol. The summed E-state index contributed by atoms with van der Waals surface area (Å²) < 4.78 is 13.0. The summed E-state index contributed by atoms with van der Waals surface area (Å²) in [7, 11) is 0. The van der Waals surface area contributed by atoms with Gasteiger partial charge in [0, 0.05) is 38.5 Å². The van der Waals surface area contributed by atoms with Gasteiger partial charge in [-0.2, -0.15) is 0 Å². The van der Waals surface area contributed by atoms with Gasteiger partial charge in [0.25, 0.3) is 0 Å². The minimum Gasteiger partial charge on any atom is -0.456 e. The van der Waals surface area contributed by atoms with Crippen molar-refractivity contribution in [1.82, 2.24) is 0 Å². The summed E-state index contributed by atoms with van der Waals surface area (Å²) in [5.74, 6) is 0. The van der Waals surface area contributed by atoms with E-state index in [1.54, 1.807) is 0 Å². The maximum Gasteiger partial charge on any atom is 0.160 e. The van der Waals surface area contributed by atoms with Gasteiger partial charge in [0.05, 0.1) is 5.69 Å².